The topological polar surface area (TPSA) is 44.9 Å². The molecule has 0 spiro atoms. The number of aromatic nitrogens is 4. The van der Waals surface area contributed by atoms with E-state index in [0.717, 1.165) is 72.3 Å². The summed E-state index contributed by atoms with van der Waals surface area (Å²) in [5.41, 5.74) is 13.0. The Morgan fingerprint density at radius 1 is 0.382 bits per heavy atom. The third-order valence-corrected chi connectivity index (χ3v) is 11.1. The van der Waals surface area contributed by atoms with Gasteiger partial charge in [-0.2, -0.15) is 0 Å². The molecular weight excluding hydrogens is 673 g/mol. The summed E-state index contributed by atoms with van der Waals surface area (Å²) in [6, 6.07) is 64.5. The fourth-order valence-corrected chi connectivity index (χ4v) is 8.62. The molecular formula is C50H30N4O. The molecule has 55 heavy (non-hydrogen) atoms. The summed E-state index contributed by atoms with van der Waals surface area (Å²) in [4.78, 5) is 10.5. The first-order chi connectivity index (χ1) is 27.3. The van der Waals surface area contributed by atoms with Crippen LogP contribution in [-0.4, -0.2) is 19.1 Å². The van der Waals surface area contributed by atoms with Gasteiger partial charge in [0.15, 0.2) is 0 Å². The van der Waals surface area contributed by atoms with Crippen molar-refractivity contribution in [1.82, 2.24) is 19.1 Å². The van der Waals surface area contributed by atoms with E-state index < -0.39 is 0 Å². The first kappa shape index (κ1) is 30.0. The lowest BCUT2D eigenvalue weighted by atomic mass is 10.0. The molecule has 1 aliphatic rings. The molecule has 256 valence electrons. The maximum absolute atomic E-state index is 6.30. The summed E-state index contributed by atoms with van der Waals surface area (Å²) >= 11 is 0. The van der Waals surface area contributed by atoms with Gasteiger partial charge in [-0.15, -0.1) is 0 Å². The summed E-state index contributed by atoms with van der Waals surface area (Å²) in [7, 11) is 0. The van der Waals surface area contributed by atoms with Crippen LogP contribution in [0, 0.1) is 0 Å². The van der Waals surface area contributed by atoms with E-state index in [-0.39, 0.29) is 0 Å². The van der Waals surface area contributed by atoms with E-state index in [1.54, 1.807) is 0 Å². The molecule has 5 heteroatoms. The van der Waals surface area contributed by atoms with Crippen molar-refractivity contribution in [2.24, 2.45) is 0 Å². The van der Waals surface area contributed by atoms with Crippen LogP contribution in [0.2, 0.25) is 0 Å². The molecule has 0 atom stereocenters. The number of para-hydroxylation sites is 3. The zero-order valence-electron chi connectivity index (χ0n) is 29.5. The van der Waals surface area contributed by atoms with Gasteiger partial charge in [0.25, 0.3) is 0 Å². The van der Waals surface area contributed by atoms with Crippen LogP contribution >= 0.6 is 0 Å². The van der Waals surface area contributed by atoms with E-state index in [1.807, 2.05) is 36.4 Å². The first-order valence-electron chi connectivity index (χ1n) is 18.6. The van der Waals surface area contributed by atoms with Gasteiger partial charge in [0.2, 0.25) is 5.95 Å². The minimum absolute atomic E-state index is 0.636. The summed E-state index contributed by atoms with van der Waals surface area (Å²) in [6.07, 6.45) is 0. The summed E-state index contributed by atoms with van der Waals surface area (Å²) in [5.74, 6) is 2.22. The van der Waals surface area contributed by atoms with Crippen LogP contribution in [0.3, 0.4) is 0 Å². The van der Waals surface area contributed by atoms with Crippen LogP contribution < -0.4 is 4.74 Å². The Bertz CT molecular complexity index is 3340. The van der Waals surface area contributed by atoms with Crippen molar-refractivity contribution in [3.8, 4) is 56.6 Å². The second kappa shape index (κ2) is 11.5. The predicted octanol–water partition coefficient (Wildman–Crippen LogP) is 12.9. The van der Waals surface area contributed by atoms with Gasteiger partial charge in [-0.25, -0.2) is 9.97 Å². The summed E-state index contributed by atoms with van der Waals surface area (Å²) in [5, 5.41) is 5.70. The van der Waals surface area contributed by atoms with Gasteiger partial charge in [0, 0.05) is 32.8 Å². The predicted molar refractivity (Wildman–Crippen MR) is 225 cm³/mol. The minimum atomic E-state index is 0.636. The van der Waals surface area contributed by atoms with E-state index in [0.29, 0.717) is 5.95 Å². The average molecular weight is 703 g/mol. The van der Waals surface area contributed by atoms with Crippen molar-refractivity contribution in [3.63, 3.8) is 0 Å². The molecule has 0 unspecified atom stereocenters. The molecule has 0 bridgehead atoms. The number of nitrogens with zero attached hydrogens (tertiary/aromatic N) is 4. The number of hydrogen-bond acceptors (Lipinski definition) is 3. The molecule has 3 aromatic heterocycles. The Morgan fingerprint density at radius 2 is 1.00 bits per heavy atom. The van der Waals surface area contributed by atoms with Gasteiger partial charge in [0.05, 0.1) is 38.7 Å². The molecule has 0 N–H and O–H groups in total. The number of hydrogen-bond donors (Lipinski definition) is 0. The van der Waals surface area contributed by atoms with Crippen molar-refractivity contribution >= 4 is 54.5 Å². The Labute approximate surface area is 316 Å². The first-order valence-corrected chi connectivity index (χ1v) is 18.6. The van der Waals surface area contributed by atoms with Gasteiger partial charge >= 0.3 is 0 Å². The van der Waals surface area contributed by atoms with Gasteiger partial charge in [-0.1, -0.05) is 115 Å². The summed E-state index contributed by atoms with van der Waals surface area (Å²) < 4.78 is 10.9. The van der Waals surface area contributed by atoms with Gasteiger partial charge in [-0.05, 0) is 89.0 Å². The second-order valence-corrected chi connectivity index (χ2v) is 14.2. The fraction of sp³-hybridized carbons (Fsp3) is 0. The maximum atomic E-state index is 6.30. The molecule has 0 saturated heterocycles. The van der Waals surface area contributed by atoms with Crippen LogP contribution in [0.1, 0.15) is 0 Å². The molecule has 5 nitrogen and oxygen atoms in total. The highest BCUT2D eigenvalue weighted by Crippen LogP contribution is 2.46. The van der Waals surface area contributed by atoms with Crippen LogP contribution in [0.4, 0.5) is 0 Å². The monoisotopic (exact) mass is 702 g/mol. The van der Waals surface area contributed by atoms with E-state index in [2.05, 4.69) is 155 Å². The van der Waals surface area contributed by atoms with Crippen LogP contribution in [0.25, 0.3) is 99.7 Å². The van der Waals surface area contributed by atoms with E-state index in [4.69, 9.17) is 14.7 Å². The fourth-order valence-electron chi connectivity index (χ4n) is 8.62. The smallest absolute Gasteiger partial charge is 0.235 e. The number of ether oxygens (including phenoxy) is 1. The van der Waals surface area contributed by atoms with Crippen molar-refractivity contribution in [1.29, 1.82) is 0 Å². The third kappa shape index (κ3) is 4.47. The molecule has 0 aliphatic carbocycles. The highest BCUT2D eigenvalue weighted by molar-refractivity contribution is 6.12. The Balaban J connectivity index is 1.04. The number of rotatable bonds is 4. The highest BCUT2D eigenvalue weighted by atomic mass is 16.5. The number of benzene rings is 8. The molecule has 0 fully saturated rings. The Hall–Kier alpha value is -7.50. The van der Waals surface area contributed by atoms with E-state index in [1.165, 1.54) is 32.9 Å². The largest absolute Gasteiger partial charge is 0.456 e. The van der Waals surface area contributed by atoms with Crippen molar-refractivity contribution in [3.05, 3.63) is 182 Å². The zero-order chi connectivity index (χ0) is 36.0. The molecule has 0 radical (unpaired) electrons. The molecule has 12 rings (SSSR count). The normalized spacial score (nSPS) is 12.1. The van der Waals surface area contributed by atoms with Crippen molar-refractivity contribution < 1.29 is 4.74 Å². The van der Waals surface area contributed by atoms with Gasteiger partial charge < -0.3 is 9.30 Å². The molecule has 1 aliphatic heterocycles. The van der Waals surface area contributed by atoms with Gasteiger partial charge in [0.1, 0.15) is 11.5 Å². The third-order valence-electron chi connectivity index (χ3n) is 11.1. The standard InChI is InChI=1S/C50H30N4O/c1-2-11-31(12-3-1)32-21-25-35(26-22-32)53-42-17-7-5-14-37(42)40-29-33(24-28-44(40)53)34-23-27-38-36-13-4-8-18-43(36)54(45(38)30-34)50-51-41-16-10-20-47-48(41)49(52-50)39-15-6-9-19-46(39)55-47/h1-30H. The van der Waals surface area contributed by atoms with Gasteiger partial charge in [-0.3, -0.25) is 4.57 Å². The molecule has 11 aromatic rings. The van der Waals surface area contributed by atoms with Crippen LogP contribution in [-0.2, 0) is 0 Å². The zero-order valence-corrected chi connectivity index (χ0v) is 29.5. The Kier molecular flexibility index (Phi) is 6.27. The molecule has 4 heterocycles. The molecule has 8 aromatic carbocycles. The average Bonchev–Trinajstić information content (AvgIpc) is 3.76. The number of fused-ring (bicyclic) bond motifs is 8. The minimum Gasteiger partial charge on any atom is -0.456 e. The van der Waals surface area contributed by atoms with Crippen molar-refractivity contribution in [2.75, 3.05) is 0 Å². The second-order valence-electron chi connectivity index (χ2n) is 14.2. The van der Waals surface area contributed by atoms with E-state index >= 15 is 0 Å². The highest BCUT2D eigenvalue weighted by Gasteiger charge is 2.24. The lowest BCUT2D eigenvalue weighted by molar-refractivity contribution is 0.486. The van der Waals surface area contributed by atoms with Crippen molar-refractivity contribution in [2.45, 2.75) is 0 Å². The van der Waals surface area contributed by atoms with Crippen LogP contribution in [0.5, 0.6) is 11.5 Å². The van der Waals surface area contributed by atoms with Crippen LogP contribution in [0.15, 0.2) is 182 Å². The quantitative estimate of drug-likeness (QED) is 0.183. The lowest BCUT2D eigenvalue weighted by Crippen LogP contribution is -2.06. The molecule has 0 saturated carbocycles. The summed E-state index contributed by atoms with van der Waals surface area (Å²) in [6.45, 7) is 0. The van der Waals surface area contributed by atoms with E-state index in [9.17, 15) is 0 Å². The maximum Gasteiger partial charge on any atom is 0.235 e. The SMILES string of the molecule is c1ccc(-c2ccc(-n3c4ccccc4c4cc(-c5ccc6c7ccccc7n(-c7nc8c9c(cccc9n7)Oc7ccccc7-8)c6c5)ccc43)cc2)cc1. The lowest BCUT2D eigenvalue weighted by Gasteiger charge is -2.21. The Morgan fingerprint density at radius 3 is 1.85 bits per heavy atom. The molecule has 0 amide bonds.